The van der Waals surface area contributed by atoms with Gasteiger partial charge >= 0.3 is 0 Å². The Hall–Kier alpha value is -3.06. The molecule has 0 aliphatic carbocycles. The van der Waals surface area contributed by atoms with E-state index in [1.165, 1.54) is 14.2 Å². The minimum absolute atomic E-state index is 0.211. The van der Waals surface area contributed by atoms with Crippen molar-refractivity contribution < 1.29 is 14.3 Å². The summed E-state index contributed by atoms with van der Waals surface area (Å²) in [6.45, 7) is 1.78. The summed E-state index contributed by atoms with van der Waals surface area (Å²) in [6.07, 6.45) is 0. The molecule has 2 aromatic carbocycles. The van der Waals surface area contributed by atoms with Crippen molar-refractivity contribution in [2.24, 2.45) is 0 Å². The largest absolute Gasteiger partial charge is 0.495 e. The van der Waals surface area contributed by atoms with Gasteiger partial charge in [-0.3, -0.25) is 4.79 Å². The van der Waals surface area contributed by atoms with E-state index in [0.717, 1.165) is 5.69 Å². The van der Waals surface area contributed by atoms with Crippen LogP contribution in [0.3, 0.4) is 0 Å². The molecule has 0 aliphatic heterocycles. The molecule has 0 aliphatic rings. The van der Waals surface area contributed by atoms with Gasteiger partial charge < -0.3 is 14.8 Å². The van der Waals surface area contributed by atoms with Crippen molar-refractivity contribution >= 4 is 23.2 Å². The van der Waals surface area contributed by atoms with E-state index in [1.54, 1.807) is 23.7 Å². The topological polar surface area (TPSA) is 78.3 Å². The lowest BCUT2D eigenvalue weighted by molar-refractivity contribution is 0.102. The van der Waals surface area contributed by atoms with E-state index >= 15 is 0 Å². The Morgan fingerprint density at radius 3 is 2.46 bits per heavy atom. The first kappa shape index (κ1) is 17.8. The molecule has 26 heavy (non-hydrogen) atoms. The van der Waals surface area contributed by atoms with E-state index in [9.17, 15) is 4.79 Å². The number of benzene rings is 2. The van der Waals surface area contributed by atoms with Crippen molar-refractivity contribution in [3.05, 3.63) is 58.9 Å². The number of halogens is 1. The van der Waals surface area contributed by atoms with Crippen LogP contribution >= 0.6 is 11.6 Å². The molecule has 3 aromatic rings. The summed E-state index contributed by atoms with van der Waals surface area (Å²) in [5, 5.41) is 11.2. The number of hydrogen-bond acceptors (Lipinski definition) is 5. The molecule has 134 valence electrons. The van der Waals surface area contributed by atoms with Gasteiger partial charge in [-0.2, -0.15) is 0 Å². The zero-order valence-corrected chi connectivity index (χ0v) is 15.2. The lowest BCUT2D eigenvalue weighted by Crippen LogP contribution is -2.15. The van der Waals surface area contributed by atoms with Crippen LogP contribution in [0.1, 0.15) is 16.2 Å². The third-order valence-corrected chi connectivity index (χ3v) is 4.13. The number of anilines is 1. The SMILES string of the molecule is COc1cc(OC)c(NC(=O)c2nnn(-c3ccccc3)c2C)cc1Cl. The fourth-order valence-electron chi connectivity index (χ4n) is 2.49. The average Bonchev–Trinajstić information content (AvgIpc) is 3.04. The molecule has 0 unspecified atom stereocenters. The highest BCUT2D eigenvalue weighted by molar-refractivity contribution is 6.32. The number of methoxy groups -OCH3 is 2. The van der Waals surface area contributed by atoms with Gasteiger partial charge in [-0.15, -0.1) is 5.10 Å². The maximum absolute atomic E-state index is 12.7. The van der Waals surface area contributed by atoms with Gasteiger partial charge in [-0.1, -0.05) is 35.0 Å². The fourth-order valence-corrected chi connectivity index (χ4v) is 2.73. The lowest BCUT2D eigenvalue weighted by Gasteiger charge is -2.12. The molecule has 0 fully saturated rings. The van der Waals surface area contributed by atoms with Crippen LogP contribution < -0.4 is 14.8 Å². The Balaban J connectivity index is 1.90. The van der Waals surface area contributed by atoms with Crippen LogP contribution in [-0.2, 0) is 0 Å². The minimum atomic E-state index is -0.413. The van der Waals surface area contributed by atoms with Gasteiger partial charge in [-0.05, 0) is 25.1 Å². The summed E-state index contributed by atoms with van der Waals surface area (Å²) < 4.78 is 12.0. The standard InChI is InChI=1S/C18H17ClN4O3/c1-11-17(21-22-23(11)12-7-5-4-6-8-12)18(24)20-14-9-13(19)15(25-2)10-16(14)26-3/h4-10H,1-3H3,(H,20,24). The van der Waals surface area contributed by atoms with Crippen LogP contribution in [0.5, 0.6) is 11.5 Å². The summed E-state index contributed by atoms with van der Waals surface area (Å²) in [4.78, 5) is 12.7. The molecule has 0 saturated carbocycles. The lowest BCUT2D eigenvalue weighted by atomic mass is 10.2. The number of para-hydroxylation sites is 1. The van der Waals surface area contributed by atoms with E-state index in [0.29, 0.717) is 27.9 Å². The fraction of sp³-hybridized carbons (Fsp3) is 0.167. The smallest absolute Gasteiger partial charge is 0.278 e. The first-order valence-corrected chi connectivity index (χ1v) is 8.13. The quantitative estimate of drug-likeness (QED) is 0.741. The highest BCUT2D eigenvalue weighted by atomic mass is 35.5. The van der Waals surface area contributed by atoms with E-state index in [4.69, 9.17) is 21.1 Å². The molecule has 0 bridgehead atoms. The zero-order valence-electron chi connectivity index (χ0n) is 14.5. The van der Waals surface area contributed by atoms with Gasteiger partial charge in [0.1, 0.15) is 11.5 Å². The number of aromatic nitrogens is 3. The molecule has 0 radical (unpaired) electrons. The molecule has 1 aromatic heterocycles. The first-order chi connectivity index (χ1) is 12.5. The molecule has 1 amide bonds. The monoisotopic (exact) mass is 372 g/mol. The number of hydrogen-bond donors (Lipinski definition) is 1. The molecule has 0 atom stereocenters. The Morgan fingerprint density at radius 2 is 1.81 bits per heavy atom. The van der Waals surface area contributed by atoms with Gasteiger partial charge in [0.05, 0.1) is 36.3 Å². The molecule has 1 N–H and O–H groups in total. The van der Waals surface area contributed by atoms with Crippen molar-refractivity contribution in [3.63, 3.8) is 0 Å². The summed E-state index contributed by atoms with van der Waals surface area (Å²) in [5.41, 5.74) is 2.06. The molecule has 1 heterocycles. The van der Waals surface area contributed by atoms with Crippen LogP contribution in [0.15, 0.2) is 42.5 Å². The predicted molar refractivity (Wildman–Crippen MR) is 98.6 cm³/mol. The highest BCUT2D eigenvalue weighted by Crippen LogP contribution is 2.36. The van der Waals surface area contributed by atoms with Crippen LogP contribution in [0.4, 0.5) is 5.69 Å². The van der Waals surface area contributed by atoms with Crippen molar-refractivity contribution in [3.8, 4) is 17.2 Å². The normalized spacial score (nSPS) is 10.5. The summed E-state index contributed by atoms with van der Waals surface area (Å²) in [6, 6.07) is 12.6. The van der Waals surface area contributed by atoms with Gasteiger partial charge in [0.2, 0.25) is 0 Å². The number of carbonyl (C=O) groups is 1. The number of carbonyl (C=O) groups excluding carboxylic acids is 1. The average molecular weight is 373 g/mol. The Kier molecular flexibility index (Phi) is 5.09. The third kappa shape index (κ3) is 3.34. The molecule has 7 nitrogen and oxygen atoms in total. The van der Waals surface area contributed by atoms with E-state index in [-0.39, 0.29) is 5.69 Å². The minimum Gasteiger partial charge on any atom is -0.495 e. The molecular weight excluding hydrogens is 356 g/mol. The number of nitrogens with zero attached hydrogens (tertiary/aromatic N) is 3. The summed E-state index contributed by atoms with van der Waals surface area (Å²) in [5.74, 6) is 0.463. The van der Waals surface area contributed by atoms with Crippen LogP contribution in [0.2, 0.25) is 5.02 Å². The number of ether oxygens (including phenoxy) is 2. The van der Waals surface area contributed by atoms with Crippen molar-refractivity contribution in [2.75, 3.05) is 19.5 Å². The maximum Gasteiger partial charge on any atom is 0.278 e. The van der Waals surface area contributed by atoms with Gasteiger partial charge in [0.15, 0.2) is 5.69 Å². The van der Waals surface area contributed by atoms with Crippen molar-refractivity contribution in [1.29, 1.82) is 0 Å². The summed E-state index contributed by atoms with van der Waals surface area (Å²) >= 11 is 6.14. The van der Waals surface area contributed by atoms with Gasteiger partial charge in [-0.25, -0.2) is 4.68 Å². The van der Waals surface area contributed by atoms with Crippen molar-refractivity contribution in [2.45, 2.75) is 6.92 Å². The predicted octanol–water partition coefficient (Wildman–Crippen LogP) is 3.50. The van der Waals surface area contributed by atoms with E-state index in [1.807, 2.05) is 30.3 Å². The first-order valence-electron chi connectivity index (χ1n) is 7.75. The zero-order chi connectivity index (χ0) is 18.7. The second kappa shape index (κ2) is 7.45. The van der Waals surface area contributed by atoms with Crippen LogP contribution in [0, 0.1) is 6.92 Å². The van der Waals surface area contributed by atoms with Gasteiger partial charge in [0, 0.05) is 6.07 Å². The van der Waals surface area contributed by atoms with Crippen molar-refractivity contribution in [1.82, 2.24) is 15.0 Å². The third-order valence-electron chi connectivity index (χ3n) is 3.83. The molecule has 0 spiro atoms. The second-order valence-electron chi connectivity index (χ2n) is 5.41. The molecule has 8 heteroatoms. The Morgan fingerprint density at radius 1 is 1.12 bits per heavy atom. The van der Waals surface area contributed by atoms with Crippen LogP contribution in [-0.4, -0.2) is 35.1 Å². The van der Waals surface area contributed by atoms with E-state index < -0.39 is 5.91 Å². The molecular formula is C18H17ClN4O3. The highest BCUT2D eigenvalue weighted by Gasteiger charge is 2.20. The molecule has 0 saturated heterocycles. The van der Waals surface area contributed by atoms with E-state index in [2.05, 4.69) is 15.6 Å². The van der Waals surface area contributed by atoms with Crippen LogP contribution in [0.25, 0.3) is 5.69 Å². The Labute approximate surface area is 155 Å². The molecule has 3 rings (SSSR count). The van der Waals surface area contributed by atoms with Gasteiger partial charge in [0.25, 0.3) is 5.91 Å². The maximum atomic E-state index is 12.7. The summed E-state index contributed by atoms with van der Waals surface area (Å²) in [7, 11) is 3.00. The number of nitrogens with one attached hydrogen (secondary N) is 1. The number of rotatable bonds is 5. The number of amides is 1. The Bertz CT molecular complexity index is 941. The second-order valence-corrected chi connectivity index (χ2v) is 5.82.